The summed E-state index contributed by atoms with van der Waals surface area (Å²) in [7, 11) is 0. The van der Waals surface area contributed by atoms with Gasteiger partial charge in [-0.1, -0.05) is 11.6 Å². The summed E-state index contributed by atoms with van der Waals surface area (Å²) in [5.41, 5.74) is 2.35. The van der Waals surface area contributed by atoms with Gasteiger partial charge in [-0.05, 0) is 37.1 Å². The van der Waals surface area contributed by atoms with E-state index in [1.54, 1.807) is 5.01 Å². The number of nitrogens with two attached hydrogens (primary N) is 1. The topological polar surface area (TPSA) is 29.3 Å². The summed E-state index contributed by atoms with van der Waals surface area (Å²) in [5.74, 6) is 5.83. The van der Waals surface area contributed by atoms with E-state index in [1.165, 1.54) is 5.56 Å². The van der Waals surface area contributed by atoms with Crippen molar-refractivity contribution in [1.82, 2.24) is 0 Å². The average molecular weight is 219 g/mol. The summed E-state index contributed by atoms with van der Waals surface area (Å²) in [4.78, 5) is 0. The second-order valence-electron chi connectivity index (χ2n) is 3.23. The van der Waals surface area contributed by atoms with Gasteiger partial charge in [-0.15, -0.1) is 12.4 Å². The highest BCUT2D eigenvalue weighted by Crippen LogP contribution is 2.31. The number of rotatable bonds is 0. The van der Waals surface area contributed by atoms with Crippen LogP contribution < -0.4 is 10.9 Å². The highest BCUT2D eigenvalue weighted by molar-refractivity contribution is 6.30. The van der Waals surface area contributed by atoms with Crippen LogP contribution in [-0.2, 0) is 6.42 Å². The first-order valence-electron chi connectivity index (χ1n) is 4.01. The van der Waals surface area contributed by atoms with E-state index in [0.29, 0.717) is 6.04 Å². The monoisotopic (exact) mass is 218 g/mol. The van der Waals surface area contributed by atoms with E-state index in [4.69, 9.17) is 17.4 Å². The molecule has 72 valence electrons. The molecule has 0 bridgehead atoms. The first kappa shape index (κ1) is 10.6. The molecule has 1 aromatic carbocycles. The van der Waals surface area contributed by atoms with Crippen molar-refractivity contribution in [2.75, 3.05) is 5.01 Å². The van der Waals surface area contributed by atoms with Crippen LogP contribution in [0.25, 0.3) is 0 Å². The number of hydrogen-bond donors (Lipinski definition) is 1. The molecule has 4 heteroatoms. The first-order chi connectivity index (χ1) is 5.68. The van der Waals surface area contributed by atoms with Gasteiger partial charge in [-0.2, -0.15) is 0 Å². The second-order valence-corrected chi connectivity index (χ2v) is 3.67. The molecule has 0 saturated carbocycles. The fourth-order valence-corrected chi connectivity index (χ4v) is 1.82. The van der Waals surface area contributed by atoms with Crippen LogP contribution in [0.1, 0.15) is 12.5 Å². The largest absolute Gasteiger partial charge is 0.308 e. The SMILES string of the molecule is CC1Cc2cc(Cl)ccc2N1N.Cl. The summed E-state index contributed by atoms with van der Waals surface area (Å²) in [6, 6.07) is 6.22. The Labute approximate surface area is 89.0 Å². The molecule has 1 heterocycles. The Morgan fingerprint density at radius 1 is 1.54 bits per heavy atom. The van der Waals surface area contributed by atoms with Gasteiger partial charge in [0.25, 0.3) is 0 Å². The molecule has 0 aromatic heterocycles. The van der Waals surface area contributed by atoms with Crippen LogP contribution in [0.5, 0.6) is 0 Å². The molecule has 2 nitrogen and oxygen atoms in total. The van der Waals surface area contributed by atoms with Gasteiger partial charge >= 0.3 is 0 Å². The molecule has 0 saturated heterocycles. The number of benzene rings is 1. The molecule has 2 N–H and O–H groups in total. The van der Waals surface area contributed by atoms with Crippen LogP contribution in [0.4, 0.5) is 5.69 Å². The molecule has 1 atom stereocenters. The fraction of sp³-hybridized carbons (Fsp3) is 0.333. The molecule has 0 fully saturated rings. The van der Waals surface area contributed by atoms with Crippen LogP contribution in [-0.4, -0.2) is 6.04 Å². The van der Waals surface area contributed by atoms with Crippen molar-refractivity contribution in [3.05, 3.63) is 28.8 Å². The second kappa shape index (κ2) is 3.74. The van der Waals surface area contributed by atoms with E-state index in [9.17, 15) is 0 Å². The Kier molecular flexibility index (Phi) is 3.06. The molecule has 13 heavy (non-hydrogen) atoms. The molecule has 0 aliphatic carbocycles. The maximum Gasteiger partial charge on any atom is 0.0554 e. The fourth-order valence-electron chi connectivity index (χ4n) is 1.62. The maximum absolute atomic E-state index is 5.86. The van der Waals surface area contributed by atoms with Crippen LogP contribution in [0, 0.1) is 0 Å². The van der Waals surface area contributed by atoms with Gasteiger partial charge in [0.2, 0.25) is 0 Å². The third-order valence-corrected chi connectivity index (χ3v) is 2.55. The number of nitrogens with zero attached hydrogens (tertiary/aromatic N) is 1. The number of halogens is 2. The molecule has 1 aliphatic heterocycles. The Balaban J connectivity index is 0.000000845. The van der Waals surface area contributed by atoms with E-state index in [0.717, 1.165) is 17.1 Å². The van der Waals surface area contributed by atoms with Crippen molar-refractivity contribution < 1.29 is 0 Å². The molecule has 1 unspecified atom stereocenters. The van der Waals surface area contributed by atoms with E-state index < -0.39 is 0 Å². The minimum absolute atomic E-state index is 0. The lowest BCUT2D eigenvalue weighted by Gasteiger charge is -2.17. The van der Waals surface area contributed by atoms with Gasteiger partial charge in [0.1, 0.15) is 0 Å². The third kappa shape index (κ3) is 1.75. The van der Waals surface area contributed by atoms with Crippen molar-refractivity contribution in [3.8, 4) is 0 Å². The Morgan fingerprint density at radius 2 is 2.23 bits per heavy atom. The number of anilines is 1. The third-order valence-electron chi connectivity index (χ3n) is 2.31. The van der Waals surface area contributed by atoms with Crippen LogP contribution in [0.3, 0.4) is 0 Å². The summed E-state index contributed by atoms with van der Waals surface area (Å²) in [6.45, 7) is 2.11. The van der Waals surface area contributed by atoms with Crippen LogP contribution in [0.15, 0.2) is 18.2 Å². The van der Waals surface area contributed by atoms with Crippen molar-refractivity contribution in [1.29, 1.82) is 0 Å². The molecule has 0 radical (unpaired) electrons. The van der Waals surface area contributed by atoms with Gasteiger partial charge in [0, 0.05) is 11.1 Å². The standard InChI is InChI=1S/C9H11ClN2.ClH/c1-6-4-7-5-8(10)2-3-9(7)12(6)11;/h2-3,5-6H,4,11H2,1H3;1H. The quantitative estimate of drug-likeness (QED) is 0.679. The minimum atomic E-state index is 0. The van der Waals surface area contributed by atoms with E-state index in [2.05, 4.69) is 6.92 Å². The smallest absolute Gasteiger partial charge is 0.0554 e. The van der Waals surface area contributed by atoms with Crippen molar-refractivity contribution in [2.24, 2.45) is 5.84 Å². The van der Waals surface area contributed by atoms with E-state index >= 15 is 0 Å². The predicted molar refractivity (Wildman–Crippen MR) is 58.5 cm³/mol. The van der Waals surface area contributed by atoms with Crippen molar-refractivity contribution >= 4 is 29.7 Å². The van der Waals surface area contributed by atoms with Gasteiger partial charge in [0.15, 0.2) is 0 Å². The lowest BCUT2D eigenvalue weighted by molar-refractivity contribution is 0.697. The van der Waals surface area contributed by atoms with Gasteiger partial charge in [-0.3, -0.25) is 0 Å². The molecular weight excluding hydrogens is 207 g/mol. The zero-order valence-electron chi connectivity index (χ0n) is 7.33. The van der Waals surface area contributed by atoms with E-state index in [-0.39, 0.29) is 12.4 Å². The zero-order chi connectivity index (χ0) is 8.72. The highest BCUT2D eigenvalue weighted by atomic mass is 35.5. The lowest BCUT2D eigenvalue weighted by Crippen LogP contribution is -2.35. The molecule has 1 aliphatic rings. The van der Waals surface area contributed by atoms with Crippen LogP contribution in [0.2, 0.25) is 5.02 Å². The highest BCUT2D eigenvalue weighted by Gasteiger charge is 2.22. The summed E-state index contributed by atoms with van der Waals surface area (Å²) < 4.78 is 0. The maximum atomic E-state index is 5.86. The Hall–Kier alpha value is -0.440. The minimum Gasteiger partial charge on any atom is -0.308 e. The van der Waals surface area contributed by atoms with Crippen molar-refractivity contribution in [3.63, 3.8) is 0 Å². The normalized spacial score (nSPS) is 19.6. The molecular formula is C9H12Cl2N2. The molecule has 2 rings (SSSR count). The number of hydrazine groups is 1. The average Bonchev–Trinajstić information content (AvgIpc) is 2.28. The van der Waals surface area contributed by atoms with E-state index in [1.807, 2.05) is 18.2 Å². The molecule has 0 spiro atoms. The van der Waals surface area contributed by atoms with Gasteiger partial charge < -0.3 is 5.01 Å². The van der Waals surface area contributed by atoms with Crippen molar-refractivity contribution in [2.45, 2.75) is 19.4 Å². The van der Waals surface area contributed by atoms with Crippen LogP contribution >= 0.6 is 24.0 Å². The predicted octanol–water partition coefficient (Wildman–Crippen LogP) is 2.39. The summed E-state index contributed by atoms with van der Waals surface area (Å²) in [5, 5.41) is 2.59. The Morgan fingerprint density at radius 3 is 2.92 bits per heavy atom. The van der Waals surface area contributed by atoms with Gasteiger partial charge in [-0.25, -0.2) is 5.84 Å². The molecule has 1 aromatic rings. The Bertz CT molecular complexity index is 314. The number of hydrogen-bond acceptors (Lipinski definition) is 2. The summed E-state index contributed by atoms with van der Waals surface area (Å²) >= 11 is 5.86. The van der Waals surface area contributed by atoms with Gasteiger partial charge in [0.05, 0.1) is 5.69 Å². The zero-order valence-corrected chi connectivity index (χ0v) is 8.90. The first-order valence-corrected chi connectivity index (χ1v) is 4.38. The molecule has 0 amide bonds. The lowest BCUT2D eigenvalue weighted by atomic mass is 10.1. The summed E-state index contributed by atoms with van der Waals surface area (Å²) in [6.07, 6.45) is 0.992. The number of fused-ring (bicyclic) bond motifs is 1.